The predicted molar refractivity (Wildman–Crippen MR) is 93.0 cm³/mol. The summed E-state index contributed by atoms with van der Waals surface area (Å²) in [6.07, 6.45) is 1.17. The summed E-state index contributed by atoms with van der Waals surface area (Å²) in [4.78, 5) is 14.5. The molecule has 2 atom stereocenters. The zero-order valence-electron chi connectivity index (χ0n) is 13.9. The van der Waals surface area contributed by atoms with Crippen LogP contribution >= 0.6 is 0 Å². The molecule has 1 saturated heterocycles. The van der Waals surface area contributed by atoms with E-state index in [1.165, 1.54) is 0 Å². The third-order valence-electron chi connectivity index (χ3n) is 4.67. The fraction of sp³-hybridized carbons (Fsp3) is 0.350. The monoisotopic (exact) mass is 325 g/mol. The first-order valence-corrected chi connectivity index (χ1v) is 8.36. The first-order chi connectivity index (χ1) is 11.7. The summed E-state index contributed by atoms with van der Waals surface area (Å²) in [6, 6.07) is 16.9. The SMILES string of the molecule is COc1ccccc1[C@@H](O)C1CCCN(C(=O)c2ccccc2)C1. The lowest BCUT2D eigenvalue weighted by atomic mass is 9.88. The minimum absolute atomic E-state index is 0.0164. The van der Waals surface area contributed by atoms with E-state index in [9.17, 15) is 9.90 Å². The van der Waals surface area contributed by atoms with E-state index in [2.05, 4.69) is 0 Å². The minimum atomic E-state index is -0.632. The predicted octanol–water partition coefficient (Wildman–Crippen LogP) is 3.28. The minimum Gasteiger partial charge on any atom is -0.496 e. The van der Waals surface area contributed by atoms with Crippen LogP contribution in [0.2, 0.25) is 0 Å². The number of likely N-dealkylation sites (tertiary alicyclic amines) is 1. The van der Waals surface area contributed by atoms with Crippen LogP contribution in [-0.2, 0) is 0 Å². The van der Waals surface area contributed by atoms with Crippen molar-refractivity contribution in [3.63, 3.8) is 0 Å². The Hall–Kier alpha value is -2.33. The van der Waals surface area contributed by atoms with E-state index in [1.54, 1.807) is 7.11 Å². The summed E-state index contributed by atoms with van der Waals surface area (Å²) < 4.78 is 5.36. The Balaban J connectivity index is 1.74. The Bertz CT molecular complexity index is 686. The molecule has 2 aromatic carbocycles. The standard InChI is InChI=1S/C20H23NO3/c1-24-18-12-6-5-11-17(18)19(22)16-10-7-13-21(14-16)20(23)15-8-3-2-4-9-15/h2-6,8-9,11-12,16,19,22H,7,10,13-14H2,1H3/t16?,19-/m0/s1. The van der Waals surface area contributed by atoms with Crippen molar-refractivity contribution in [1.29, 1.82) is 0 Å². The molecular weight excluding hydrogens is 302 g/mol. The molecule has 1 aliphatic heterocycles. The van der Waals surface area contributed by atoms with Gasteiger partial charge in [-0.05, 0) is 31.0 Å². The molecule has 0 radical (unpaired) electrons. The van der Waals surface area contributed by atoms with Crippen molar-refractivity contribution in [2.24, 2.45) is 5.92 Å². The summed E-state index contributed by atoms with van der Waals surface area (Å²) in [7, 11) is 1.61. The zero-order chi connectivity index (χ0) is 16.9. The van der Waals surface area contributed by atoms with Gasteiger partial charge in [0.25, 0.3) is 5.91 Å². The number of hydrogen-bond acceptors (Lipinski definition) is 3. The van der Waals surface area contributed by atoms with E-state index in [0.29, 0.717) is 17.9 Å². The molecule has 1 N–H and O–H groups in total. The molecule has 0 spiro atoms. The quantitative estimate of drug-likeness (QED) is 0.938. The Kier molecular flexibility index (Phi) is 5.16. The molecule has 0 aliphatic carbocycles. The maximum absolute atomic E-state index is 12.6. The number of carbonyl (C=O) groups is 1. The van der Waals surface area contributed by atoms with Crippen molar-refractivity contribution in [2.75, 3.05) is 20.2 Å². The number of amides is 1. The third kappa shape index (κ3) is 3.44. The highest BCUT2D eigenvalue weighted by atomic mass is 16.5. The number of hydrogen-bond donors (Lipinski definition) is 1. The van der Waals surface area contributed by atoms with E-state index < -0.39 is 6.10 Å². The Morgan fingerprint density at radius 2 is 1.88 bits per heavy atom. The first kappa shape index (κ1) is 16.5. The molecule has 0 saturated carbocycles. The number of aliphatic hydroxyl groups is 1. The van der Waals surface area contributed by atoms with Gasteiger partial charge in [-0.25, -0.2) is 0 Å². The fourth-order valence-corrected chi connectivity index (χ4v) is 3.38. The average molecular weight is 325 g/mol. The molecule has 1 aliphatic rings. The Morgan fingerprint density at radius 3 is 2.62 bits per heavy atom. The molecule has 1 unspecified atom stereocenters. The average Bonchev–Trinajstić information content (AvgIpc) is 2.67. The molecule has 1 heterocycles. The van der Waals surface area contributed by atoms with Gasteiger partial charge in [-0.3, -0.25) is 4.79 Å². The number of piperidine rings is 1. The summed E-state index contributed by atoms with van der Waals surface area (Å²) >= 11 is 0. The van der Waals surface area contributed by atoms with Crippen molar-refractivity contribution in [3.8, 4) is 5.75 Å². The molecular formula is C20H23NO3. The van der Waals surface area contributed by atoms with Crippen LogP contribution in [0.25, 0.3) is 0 Å². The van der Waals surface area contributed by atoms with Gasteiger partial charge < -0.3 is 14.7 Å². The van der Waals surface area contributed by atoms with Gasteiger partial charge in [0.15, 0.2) is 0 Å². The smallest absolute Gasteiger partial charge is 0.253 e. The third-order valence-corrected chi connectivity index (χ3v) is 4.67. The van der Waals surface area contributed by atoms with Crippen LogP contribution in [0.15, 0.2) is 54.6 Å². The van der Waals surface area contributed by atoms with Crippen molar-refractivity contribution in [2.45, 2.75) is 18.9 Å². The van der Waals surface area contributed by atoms with Crippen LogP contribution < -0.4 is 4.74 Å². The number of carbonyl (C=O) groups excluding carboxylic acids is 1. The molecule has 1 amide bonds. The van der Waals surface area contributed by atoms with Crippen LogP contribution in [0.5, 0.6) is 5.75 Å². The lowest BCUT2D eigenvalue weighted by Crippen LogP contribution is -2.41. The summed E-state index contributed by atoms with van der Waals surface area (Å²) in [5, 5.41) is 10.8. The molecule has 24 heavy (non-hydrogen) atoms. The lowest BCUT2D eigenvalue weighted by molar-refractivity contribution is 0.0393. The fourth-order valence-electron chi connectivity index (χ4n) is 3.38. The molecule has 4 heteroatoms. The highest BCUT2D eigenvalue weighted by Gasteiger charge is 2.30. The summed E-state index contributed by atoms with van der Waals surface area (Å²) in [5.74, 6) is 0.742. The van der Waals surface area contributed by atoms with Crippen LogP contribution in [0.3, 0.4) is 0 Å². The van der Waals surface area contributed by atoms with Gasteiger partial charge in [-0.15, -0.1) is 0 Å². The van der Waals surface area contributed by atoms with Crippen LogP contribution in [-0.4, -0.2) is 36.1 Å². The molecule has 3 rings (SSSR count). The lowest BCUT2D eigenvalue weighted by Gasteiger charge is -2.35. The maximum atomic E-state index is 12.6. The van der Waals surface area contributed by atoms with E-state index >= 15 is 0 Å². The second-order valence-electron chi connectivity index (χ2n) is 6.21. The zero-order valence-corrected chi connectivity index (χ0v) is 13.9. The second kappa shape index (κ2) is 7.49. The highest BCUT2D eigenvalue weighted by Crippen LogP contribution is 2.34. The molecule has 0 bridgehead atoms. The number of methoxy groups -OCH3 is 1. The summed E-state index contributed by atoms with van der Waals surface area (Å²) in [5.41, 5.74) is 1.49. The largest absolute Gasteiger partial charge is 0.496 e. The van der Waals surface area contributed by atoms with Crippen molar-refractivity contribution >= 4 is 5.91 Å². The van der Waals surface area contributed by atoms with Gasteiger partial charge >= 0.3 is 0 Å². The van der Waals surface area contributed by atoms with Gasteiger partial charge in [0.05, 0.1) is 13.2 Å². The van der Waals surface area contributed by atoms with Gasteiger partial charge in [-0.2, -0.15) is 0 Å². The van der Waals surface area contributed by atoms with Crippen molar-refractivity contribution in [3.05, 3.63) is 65.7 Å². The van der Waals surface area contributed by atoms with Crippen LogP contribution in [0.4, 0.5) is 0 Å². The van der Waals surface area contributed by atoms with Gasteiger partial charge in [0.1, 0.15) is 5.75 Å². The Labute approximate surface area is 142 Å². The molecule has 4 nitrogen and oxygen atoms in total. The number of nitrogens with zero attached hydrogens (tertiary/aromatic N) is 1. The topological polar surface area (TPSA) is 49.8 Å². The maximum Gasteiger partial charge on any atom is 0.253 e. The van der Waals surface area contributed by atoms with Crippen molar-refractivity contribution in [1.82, 2.24) is 4.90 Å². The summed E-state index contributed by atoms with van der Waals surface area (Å²) in [6.45, 7) is 1.30. The van der Waals surface area contributed by atoms with E-state index in [1.807, 2.05) is 59.5 Å². The van der Waals surface area contributed by atoms with Crippen molar-refractivity contribution < 1.29 is 14.6 Å². The number of aliphatic hydroxyl groups excluding tert-OH is 1. The van der Waals surface area contributed by atoms with Crippen LogP contribution in [0.1, 0.15) is 34.9 Å². The number of benzene rings is 2. The molecule has 126 valence electrons. The van der Waals surface area contributed by atoms with E-state index in [0.717, 1.165) is 24.9 Å². The number of para-hydroxylation sites is 1. The highest BCUT2D eigenvalue weighted by molar-refractivity contribution is 5.94. The van der Waals surface area contributed by atoms with E-state index in [-0.39, 0.29) is 11.8 Å². The number of ether oxygens (including phenoxy) is 1. The molecule has 2 aromatic rings. The Morgan fingerprint density at radius 1 is 1.17 bits per heavy atom. The van der Waals surface area contributed by atoms with Crippen LogP contribution in [0, 0.1) is 5.92 Å². The molecule has 0 aromatic heterocycles. The van der Waals surface area contributed by atoms with E-state index in [4.69, 9.17) is 4.74 Å². The second-order valence-corrected chi connectivity index (χ2v) is 6.21. The molecule has 1 fully saturated rings. The first-order valence-electron chi connectivity index (χ1n) is 8.36. The van der Waals surface area contributed by atoms with Gasteiger partial charge in [0, 0.05) is 30.1 Å². The normalized spacial score (nSPS) is 18.9. The van der Waals surface area contributed by atoms with Gasteiger partial charge in [-0.1, -0.05) is 36.4 Å². The van der Waals surface area contributed by atoms with Gasteiger partial charge in [0.2, 0.25) is 0 Å². The number of rotatable bonds is 4.